The van der Waals surface area contributed by atoms with Gasteiger partial charge in [0.1, 0.15) is 0 Å². The maximum absolute atomic E-state index is 12.5. The molecule has 0 aromatic heterocycles. The average Bonchev–Trinajstić information content (AvgIpc) is 2.89. The fraction of sp³-hybridized carbons (Fsp3) is 0.759. The number of ether oxygens (including phenoxy) is 2. The molecule has 5 nitrogen and oxygen atoms in total. The maximum atomic E-state index is 12.5. The van der Waals surface area contributed by atoms with Gasteiger partial charge in [-0.2, -0.15) is 11.8 Å². The second-order valence-electron chi connectivity index (χ2n) is 9.08. The Bertz CT molecular complexity index is 661. The number of hydrogen-bond donors (Lipinski definition) is 2. The van der Waals surface area contributed by atoms with Crippen molar-refractivity contribution in [3.05, 3.63) is 23.8 Å². The molecular formula is C29H52N2O3S2. The molecule has 1 aromatic rings. The van der Waals surface area contributed by atoms with Crippen LogP contribution in [0, 0.1) is 0 Å². The van der Waals surface area contributed by atoms with E-state index in [2.05, 4.69) is 36.8 Å². The first-order valence-corrected chi connectivity index (χ1v) is 16.5. The van der Waals surface area contributed by atoms with Gasteiger partial charge in [0.2, 0.25) is 0 Å². The highest BCUT2D eigenvalue weighted by atomic mass is 32.2. The summed E-state index contributed by atoms with van der Waals surface area (Å²) >= 11 is 3.61. The molecule has 0 aliphatic carbocycles. The molecule has 36 heavy (non-hydrogen) atoms. The summed E-state index contributed by atoms with van der Waals surface area (Å²) in [6, 6.07) is 5.98. The van der Waals surface area contributed by atoms with Crippen molar-refractivity contribution in [2.24, 2.45) is 0 Å². The number of unbranched alkanes of at least 4 members (excludes halogenated alkanes) is 7. The number of carbonyl (C=O) groups is 1. The van der Waals surface area contributed by atoms with Crippen LogP contribution in [0.15, 0.2) is 23.1 Å². The van der Waals surface area contributed by atoms with Gasteiger partial charge in [0.25, 0.3) is 5.91 Å². The molecule has 0 spiro atoms. The van der Waals surface area contributed by atoms with Crippen molar-refractivity contribution < 1.29 is 14.3 Å². The molecule has 2 N–H and O–H groups in total. The van der Waals surface area contributed by atoms with Crippen molar-refractivity contribution in [1.82, 2.24) is 5.32 Å². The number of thioether (sulfide) groups is 2. The Hall–Kier alpha value is -0.890. The third-order valence-corrected chi connectivity index (χ3v) is 7.51. The molecule has 0 bridgehead atoms. The van der Waals surface area contributed by atoms with E-state index in [1.54, 1.807) is 23.5 Å². The smallest absolute Gasteiger partial charge is 0.251 e. The fourth-order valence-corrected chi connectivity index (χ4v) is 4.99. The highest BCUT2D eigenvalue weighted by Crippen LogP contribution is 2.28. The largest absolute Gasteiger partial charge is 0.384 e. The van der Waals surface area contributed by atoms with Crippen molar-refractivity contribution in [1.29, 1.82) is 0 Å². The minimum absolute atomic E-state index is 0.00647. The molecule has 0 fully saturated rings. The summed E-state index contributed by atoms with van der Waals surface area (Å²) in [5.74, 6) is 2.08. The van der Waals surface area contributed by atoms with E-state index >= 15 is 0 Å². The Balaban J connectivity index is 2.11. The van der Waals surface area contributed by atoms with E-state index in [-0.39, 0.29) is 5.91 Å². The van der Waals surface area contributed by atoms with Crippen LogP contribution in [0.25, 0.3) is 0 Å². The second-order valence-corrected chi connectivity index (χ2v) is 11.4. The predicted octanol–water partition coefficient (Wildman–Crippen LogP) is 7.65. The van der Waals surface area contributed by atoms with E-state index in [1.807, 2.05) is 12.1 Å². The molecule has 0 radical (unpaired) electrons. The molecule has 0 heterocycles. The van der Waals surface area contributed by atoms with Gasteiger partial charge in [0.05, 0.1) is 0 Å². The van der Waals surface area contributed by atoms with Crippen LogP contribution in [-0.2, 0) is 9.47 Å². The van der Waals surface area contributed by atoms with E-state index in [1.165, 1.54) is 49.8 Å². The summed E-state index contributed by atoms with van der Waals surface area (Å²) in [5, 5.41) is 6.57. The Morgan fingerprint density at radius 3 is 2.17 bits per heavy atom. The van der Waals surface area contributed by atoms with Gasteiger partial charge >= 0.3 is 0 Å². The van der Waals surface area contributed by atoms with Gasteiger partial charge in [-0.15, -0.1) is 11.8 Å². The fourth-order valence-electron chi connectivity index (χ4n) is 3.79. The van der Waals surface area contributed by atoms with Gasteiger partial charge < -0.3 is 20.1 Å². The second kappa shape index (κ2) is 24.4. The molecule has 0 aliphatic rings. The van der Waals surface area contributed by atoms with Gasteiger partial charge in [-0.05, 0) is 68.1 Å². The molecular weight excluding hydrogens is 488 g/mol. The zero-order valence-electron chi connectivity index (χ0n) is 23.2. The highest BCUT2D eigenvalue weighted by molar-refractivity contribution is 7.99. The predicted molar refractivity (Wildman–Crippen MR) is 160 cm³/mol. The number of anilines is 1. The first-order valence-electron chi connectivity index (χ1n) is 14.2. The van der Waals surface area contributed by atoms with Gasteiger partial charge in [-0.25, -0.2) is 0 Å². The van der Waals surface area contributed by atoms with Crippen LogP contribution in [0.4, 0.5) is 5.69 Å². The number of rotatable bonds is 25. The highest BCUT2D eigenvalue weighted by Gasteiger charge is 2.09. The lowest BCUT2D eigenvalue weighted by molar-refractivity contribution is 0.0798. The van der Waals surface area contributed by atoms with Crippen LogP contribution < -0.4 is 10.6 Å². The van der Waals surface area contributed by atoms with Gasteiger partial charge in [0, 0.05) is 55.7 Å². The Labute approximate surface area is 230 Å². The number of amides is 1. The summed E-state index contributed by atoms with van der Waals surface area (Å²) in [5.41, 5.74) is 1.78. The quantitative estimate of drug-likeness (QED) is 0.0981. The summed E-state index contributed by atoms with van der Waals surface area (Å²) in [4.78, 5) is 13.7. The van der Waals surface area contributed by atoms with Crippen LogP contribution in [0.5, 0.6) is 0 Å². The van der Waals surface area contributed by atoms with E-state index < -0.39 is 0 Å². The van der Waals surface area contributed by atoms with Crippen molar-refractivity contribution in [3.8, 4) is 0 Å². The zero-order chi connectivity index (χ0) is 26.1. The summed E-state index contributed by atoms with van der Waals surface area (Å²) in [6.07, 6.45) is 15.4. The van der Waals surface area contributed by atoms with Crippen molar-refractivity contribution in [3.63, 3.8) is 0 Å². The first kappa shape index (κ1) is 33.1. The molecule has 208 valence electrons. The van der Waals surface area contributed by atoms with Crippen LogP contribution in [0.2, 0.25) is 0 Å². The monoisotopic (exact) mass is 540 g/mol. The zero-order valence-corrected chi connectivity index (χ0v) is 24.8. The topological polar surface area (TPSA) is 59.6 Å². The van der Waals surface area contributed by atoms with Gasteiger partial charge in [-0.3, -0.25) is 4.79 Å². The standard InChI is InChI=1S/C29H52N2O3S2/c1-4-6-7-8-9-10-12-20-33-22-15-23-34-21-13-11-18-30-27-25-26(16-17-28(27)36-5-2)29(32)31-19-14-24-35-3/h16-17,25,30H,4-15,18-24H2,1-3H3,(H,31,32). The average molecular weight is 541 g/mol. The van der Waals surface area contributed by atoms with Crippen molar-refractivity contribution >= 4 is 35.1 Å². The number of hydrogen-bond acceptors (Lipinski definition) is 6. The summed E-state index contributed by atoms with van der Waals surface area (Å²) < 4.78 is 11.5. The minimum Gasteiger partial charge on any atom is -0.384 e. The Morgan fingerprint density at radius 2 is 1.47 bits per heavy atom. The lowest BCUT2D eigenvalue weighted by Crippen LogP contribution is -2.25. The molecule has 0 saturated carbocycles. The lowest BCUT2D eigenvalue weighted by Gasteiger charge is -2.13. The normalized spacial score (nSPS) is 11.1. The van der Waals surface area contributed by atoms with Crippen molar-refractivity contribution in [2.45, 2.75) is 89.4 Å². The number of nitrogens with one attached hydrogen (secondary N) is 2. The lowest BCUT2D eigenvalue weighted by atomic mass is 10.1. The molecule has 1 amide bonds. The van der Waals surface area contributed by atoms with Crippen LogP contribution in [0.1, 0.15) is 94.8 Å². The third kappa shape index (κ3) is 17.5. The number of carbonyl (C=O) groups excluding carboxylic acids is 1. The van der Waals surface area contributed by atoms with E-state index in [9.17, 15) is 4.79 Å². The molecule has 0 saturated heterocycles. The Morgan fingerprint density at radius 1 is 0.806 bits per heavy atom. The first-order chi connectivity index (χ1) is 17.7. The summed E-state index contributed by atoms with van der Waals surface area (Å²) in [7, 11) is 0. The van der Waals surface area contributed by atoms with Crippen LogP contribution in [0.3, 0.4) is 0 Å². The number of benzene rings is 1. The third-order valence-electron chi connectivity index (χ3n) is 5.85. The summed E-state index contributed by atoms with van der Waals surface area (Å²) in [6.45, 7) is 9.26. The molecule has 0 unspecified atom stereocenters. The molecule has 0 atom stereocenters. The SMILES string of the molecule is CCCCCCCCCOCCCOCCCCNc1cc(C(=O)NCCCSC)ccc1SCC. The van der Waals surface area contributed by atoms with Crippen LogP contribution >= 0.6 is 23.5 Å². The van der Waals surface area contributed by atoms with E-state index in [0.717, 1.165) is 88.0 Å². The van der Waals surface area contributed by atoms with Gasteiger partial charge in [-0.1, -0.05) is 52.4 Å². The minimum atomic E-state index is 0.00647. The molecule has 1 rings (SSSR count). The Kier molecular flexibility index (Phi) is 22.5. The van der Waals surface area contributed by atoms with E-state index in [0.29, 0.717) is 0 Å². The van der Waals surface area contributed by atoms with E-state index in [4.69, 9.17) is 9.47 Å². The molecule has 1 aromatic carbocycles. The molecule has 7 heteroatoms. The molecule has 0 aliphatic heterocycles. The van der Waals surface area contributed by atoms with Gasteiger partial charge in [0.15, 0.2) is 0 Å². The van der Waals surface area contributed by atoms with Crippen molar-refractivity contribution in [2.75, 3.05) is 62.6 Å². The van der Waals surface area contributed by atoms with Crippen LogP contribution in [-0.4, -0.2) is 63.2 Å². The maximum Gasteiger partial charge on any atom is 0.251 e.